The maximum Gasteiger partial charge on any atom is 0.303 e. The van der Waals surface area contributed by atoms with Gasteiger partial charge in [0.25, 0.3) is 0 Å². The molecule has 1 saturated carbocycles. The number of hydrogen-bond donors (Lipinski definition) is 5. The molecule has 5 atom stereocenters. The van der Waals surface area contributed by atoms with Gasteiger partial charge in [0.1, 0.15) is 0 Å². The summed E-state index contributed by atoms with van der Waals surface area (Å²) < 4.78 is 0. The number of rotatable bonds is 13. The Bertz CT molecular complexity index is 451. The minimum absolute atomic E-state index is 0.0329. The summed E-state index contributed by atoms with van der Waals surface area (Å²) in [5, 5.41) is 38.4. The monoisotopic (exact) mass is 369 g/mol. The number of carbonyl (C=O) groups is 1. The average molecular weight is 370 g/mol. The van der Waals surface area contributed by atoms with Crippen molar-refractivity contribution in [3.8, 4) is 0 Å². The molecule has 0 aromatic heterocycles. The first-order valence-corrected chi connectivity index (χ1v) is 9.80. The highest BCUT2D eigenvalue weighted by Crippen LogP contribution is 2.36. The van der Waals surface area contributed by atoms with Crippen molar-refractivity contribution in [1.29, 1.82) is 0 Å². The van der Waals surface area contributed by atoms with Crippen LogP contribution in [0.1, 0.15) is 64.7 Å². The summed E-state index contributed by atoms with van der Waals surface area (Å²) in [6.45, 7) is 2.12. The topological polar surface area (TPSA) is 110 Å². The SMILES string of the molecule is CCCCC[C@H](O)C=C[C@H]1C(NO)C[C@H](O)[C@@H]1CC=CCCCC(=O)O. The Morgan fingerprint density at radius 3 is 2.69 bits per heavy atom. The molecule has 0 saturated heterocycles. The molecule has 5 N–H and O–H groups in total. The van der Waals surface area contributed by atoms with E-state index in [9.17, 15) is 20.2 Å². The summed E-state index contributed by atoms with van der Waals surface area (Å²) in [5.74, 6) is -0.877. The van der Waals surface area contributed by atoms with Crippen LogP contribution in [0.5, 0.6) is 0 Å². The van der Waals surface area contributed by atoms with Crippen LogP contribution in [0.15, 0.2) is 24.3 Å². The minimum Gasteiger partial charge on any atom is -0.481 e. The molecule has 0 radical (unpaired) electrons. The lowest BCUT2D eigenvalue weighted by atomic mass is 9.89. The molecule has 0 spiro atoms. The van der Waals surface area contributed by atoms with Gasteiger partial charge < -0.3 is 20.5 Å². The molecule has 150 valence electrons. The van der Waals surface area contributed by atoms with Gasteiger partial charge in [-0.1, -0.05) is 50.5 Å². The fourth-order valence-corrected chi connectivity index (χ4v) is 3.58. The fraction of sp³-hybridized carbons (Fsp3) is 0.750. The highest BCUT2D eigenvalue weighted by atomic mass is 16.5. The maximum atomic E-state index is 10.5. The van der Waals surface area contributed by atoms with Crippen LogP contribution in [0.4, 0.5) is 0 Å². The molecule has 1 fully saturated rings. The van der Waals surface area contributed by atoms with Gasteiger partial charge in [-0.25, -0.2) is 5.48 Å². The Morgan fingerprint density at radius 2 is 2.04 bits per heavy atom. The molecule has 0 aromatic rings. The molecule has 6 heteroatoms. The van der Waals surface area contributed by atoms with Crippen LogP contribution in [-0.4, -0.2) is 44.7 Å². The van der Waals surface area contributed by atoms with Gasteiger partial charge in [-0.3, -0.25) is 4.79 Å². The third-order valence-corrected chi connectivity index (χ3v) is 5.11. The zero-order chi connectivity index (χ0) is 19.4. The number of aliphatic carboxylic acids is 1. The molecule has 1 unspecified atom stereocenters. The van der Waals surface area contributed by atoms with Crippen LogP contribution in [-0.2, 0) is 4.79 Å². The molecule has 1 aliphatic rings. The number of hydroxylamine groups is 1. The Hall–Kier alpha value is -1.21. The molecular weight excluding hydrogens is 334 g/mol. The Morgan fingerprint density at radius 1 is 1.27 bits per heavy atom. The minimum atomic E-state index is -0.788. The van der Waals surface area contributed by atoms with E-state index in [2.05, 4.69) is 12.4 Å². The van der Waals surface area contributed by atoms with E-state index in [1.54, 1.807) is 6.08 Å². The summed E-state index contributed by atoms with van der Waals surface area (Å²) in [4.78, 5) is 10.5. The number of allylic oxidation sites excluding steroid dienone is 2. The van der Waals surface area contributed by atoms with E-state index in [1.165, 1.54) is 0 Å². The number of aliphatic hydroxyl groups excluding tert-OH is 2. The van der Waals surface area contributed by atoms with Crippen LogP contribution in [0, 0.1) is 11.8 Å². The van der Waals surface area contributed by atoms with E-state index in [1.807, 2.05) is 18.2 Å². The number of nitrogens with one attached hydrogen (secondary N) is 1. The lowest BCUT2D eigenvalue weighted by Gasteiger charge is -2.21. The lowest BCUT2D eigenvalue weighted by Crippen LogP contribution is -2.30. The molecule has 1 aliphatic carbocycles. The van der Waals surface area contributed by atoms with Crippen LogP contribution < -0.4 is 5.48 Å². The number of carboxylic acid groups (broad SMARTS) is 1. The molecule has 0 aromatic carbocycles. The second kappa shape index (κ2) is 13.0. The van der Waals surface area contributed by atoms with E-state index < -0.39 is 18.2 Å². The van der Waals surface area contributed by atoms with Crippen LogP contribution >= 0.6 is 0 Å². The summed E-state index contributed by atoms with van der Waals surface area (Å²) >= 11 is 0. The fourth-order valence-electron chi connectivity index (χ4n) is 3.58. The Kier molecular flexibility index (Phi) is 11.4. The second-order valence-electron chi connectivity index (χ2n) is 7.22. The number of hydrogen-bond acceptors (Lipinski definition) is 5. The maximum absolute atomic E-state index is 10.5. The molecular formula is C20H35NO5. The number of unbranched alkanes of at least 4 members (excludes halogenated alkanes) is 3. The van der Waals surface area contributed by atoms with Crippen molar-refractivity contribution in [3.63, 3.8) is 0 Å². The quantitative estimate of drug-likeness (QED) is 0.194. The van der Waals surface area contributed by atoms with Gasteiger partial charge in [-0.2, -0.15) is 0 Å². The first-order valence-electron chi connectivity index (χ1n) is 9.80. The lowest BCUT2D eigenvalue weighted by molar-refractivity contribution is -0.137. The van der Waals surface area contributed by atoms with Gasteiger partial charge in [0.15, 0.2) is 0 Å². The van der Waals surface area contributed by atoms with Crippen molar-refractivity contribution < 1.29 is 25.3 Å². The van der Waals surface area contributed by atoms with Crippen LogP contribution in [0.3, 0.4) is 0 Å². The standard InChI is InChI=1S/C20H35NO5/c1-2-3-6-9-15(22)12-13-16-17(19(23)14-18(16)21-26)10-7-4-5-8-11-20(24)25/h4,7,12-13,15-19,21-23,26H,2-3,5-6,8-11,14H2,1H3,(H,24,25)/t15-,16+,17+,18?,19-/m0/s1. The predicted octanol–water partition coefficient (Wildman–Crippen LogP) is 3.03. The summed E-state index contributed by atoms with van der Waals surface area (Å²) in [5.41, 5.74) is 2.29. The van der Waals surface area contributed by atoms with E-state index in [0.717, 1.165) is 25.7 Å². The molecule has 0 heterocycles. The first-order chi connectivity index (χ1) is 12.5. The summed E-state index contributed by atoms with van der Waals surface area (Å²) in [7, 11) is 0. The summed E-state index contributed by atoms with van der Waals surface area (Å²) in [6, 6.07) is -0.227. The Labute approximate surface area is 156 Å². The van der Waals surface area contributed by atoms with Gasteiger partial charge >= 0.3 is 5.97 Å². The normalized spacial score (nSPS) is 27.5. The average Bonchev–Trinajstić information content (AvgIpc) is 2.91. The van der Waals surface area contributed by atoms with Crippen LogP contribution in [0.25, 0.3) is 0 Å². The molecule has 1 rings (SSSR count). The van der Waals surface area contributed by atoms with Gasteiger partial charge in [-0.05, 0) is 38.0 Å². The van der Waals surface area contributed by atoms with Gasteiger partial charge in [0.2, 0.25) is 0 Å². The smallest absolute Gasteiger partial charge is 0.303 e. The van der Waals surface area contributed by atoms with Crippen molar-refractivity contribution in [2.24, 2.45) is 11.8 Å². The van der Waals surface area contributed by atoms with Crippen molar-refractivity contribution in [2.75, 3.05) is 0 Å². The molecule has 0 bridgehead atoms. The zero-order valence-corrected chi connectivity index (χ0v) is 15.8. The highest BCUT2D eigenvalue weighted by molar-refractivity contribution is 5.66. The summed E-state index contributed by atoms with van der Waals surface area (Å²) in [6.07, 6.45) is 13.1. The molecule has 0 amide bonds. The highest BCUT2D eigenvalue weighted by Gasteiger charge is 2.40. The van der Waals surface area contributed by atoms with E-state index in [0.29, 0.717) is 25.7 Å². The van der Waals surface area contributed by atoms with Gasteiger partial charge in [0, 0.05) is 18.4 Å². The third kappa shape index (κ3) is 8.45. The third-order valence-electron chi connectivity index (χ3n) is 5.11. The second-order valence-corrected chi connectivity index (χ2v) is 7.22. The number of carboxylic acids is 1. The Balaban J connectivity index is 2.54. The van der Waals surface area contributed by atoms with Crippen molar-refractivity contribution in [2.45, 2.75) is 83.0 Å². The molecule has 26 heavy (non-hydrogen) atoms. The van der Waals surface area contributed by atoms with Crippen LogP contribution in [0.2, 0.25) is 0 Å². The van der Waals surface area contributed by atoms with Crippen molar-refractivity contribution in [3.05, 3.63) is 24.3 Å². The largest absolute Gasteiger partial charge is 0.481 e. The molecule has 0 aliphatic heterocycles. The van der Waals surface area contributed by atoms with Gasteiger partial charge in [0.05, 0.1) is 12.2 Å². The first kappa shape index (κ1) is 22.8. The van der Waals surface area contributed by atoms with Crippen molar-refractivity contribution >= 4 is 5.97 Å². The predicted molar refractivity (Wildman–Crippen MR) is 101 cm³/mol. The van der Waals surface area contributed by atoms with E-state index in [4.69, 9.17) is 5.11 Å². The zero-order valence-electron chi connectivity index (χ0n) is 15.8. The van der Waals surface area contributed by atoms with E-state index in [-0.39, 0.29) is 24.3 Å². The number of aliphatic hydroxyl groups is 2. The molecule has 6 nitrogen and oxygen atoms in total. The van der Waals surface area contributed by atoms with Crippen molar-refractivity contribution in [1.82, 2.24) is 5.48 Å². The van der Waals surface area contributed by atoms with Gasteiger partial charge in [-0.15, -0.1) is 0 Å². The van der Waals surface area contributed by atoms with E-state index >= 15 is 0 Å².